The van der Waals surface area contributed by atoms with Crippen LogP contribution in [0.2, 0.25) is 0 Å². The number of carboxylic acid groups (broad SMARTS) is 1. The Morgan fingerprint density at radius 3 is 2.35 bits per heavy atom. The quantitative estimate of drug-likeness (QED) is 0.748. The SMILES string of the molecule is CC12CC(NC(=O)C(F)(F)F)(C1)C(C(=O)O)O2. The van der Waals surface area contributed by atoms with Crippen LogP contribution in [0, 0.1) is 0 Å². The zero-order chi connectivity index (χ0) is 13.1. The van der Waals surface area contributed by atoms with Gasteiger partial charge in [-0.15, -0.1) is 0 Å². The third-order valence-corrected chi connectivity index (χ3v) is 3.13. The summed E-state index contributed by atoms with van der Waals surface area (Å²) in [7, 11) is 0. The monoisotopic (exact) mass is 253 g/mol. The first kappa shape index (κ1) is 12.2. The molecule has 2 bridgehead atoms. The number of hydrogen-bond donors (Lipinski definition) is 2. The largest absolute Gasteiger partial charge is 0.479 e. The molecule has 1 saturated carbocycles. The van der Waals surface area contributed by atoms with E-state index in [2.05, 4.69) is 0 Å². The van der Waals surface area contributed by atoms with Gasteiger partial charge in [0.25, 0.3) is 0 Å². The fraction of sp³-hybridized carbons (Fsp3) is 0.778. The average Bonchev–Trinajstić information content (AvgIpc) is 2.50. The van der Waals surface area contributed by atoms with Crippen LogP contribution in [-0.4, -0.2) is 40.4 Å². The van der Waals surface area contributed by atoms with Gasteiger partial charge in [0.2, 0.25) is 0 Å². The summed E-state index contributed by atoms with van der Waals surface area (Å²) in [6, 6.07) is 0. The standard InChI is InChI=1S/C9H10F3NO4/c1-7-2-8(3-7,4(17-7)5(14)15)13-6(16)9(10,11)12/h4H,2-3H2,1H3,(H,13,16)(H,14,15). The summed E-state index contributed by atoms with van der Waals surface area (Å²) in [4.78, 5) is 21.7. The molecule has 1 amide bonds. The smallest absolute Gasteiger partial charge is 0.471 e. The number of hydrogen-bond acceptors (Lipinski definition) is 3. The number of aliphatic carboxylic acids is 1. The number of halogens is 3. The van der Waals surface area contributed by atoms with Crippen molar-refractivity contribution >= 4 is 11.9 Å². The van der Waals surface area contributed by atoms with E-state index in [1.54, 1.807) is 12.2 Å². The van der Waals surface area contributed by atoms with E-state index in [9.17, 15) is 22.8 Å². The van der Waals surface area contributed by atoms with Gasteiger partial charge in [0.05, 0.1) is 11.1 Å². The fourth-order valence-electron chi connectivity index (χ4n) is 2.69. The molecule has 0 aromatic carbocycles. The van der Waals surface area contributed by atoms with Crippen molar-refractivity contribution < 1.29 is 32.6 Å². The summed E-state index contributed by atoms with van der Waals surface area (Å²) >= 11 is 0. The van der Waals surface area contributed by atoms with Gasteiger partial charge >= 0.3 is 18.1 Å². The van der Waals surface area contributed by atoms with Crippen molar-refractivity contribution in [3.63, 3.8) is 0 Å². The van der Waals surface area contributed by atoms with Gasteiger partial charge in [0.15, 0.2) is 6.10 Å². The molecule has 17 heavy (non-hydrogen) atoms. The molecule has 0 radical (unpaired) electrons. The predicted molar refractivity (Wildman–Crippen MR) is 47.1 cm³/mol. The number of fused-ring (bicyclic) bond motifs is 1. The van der Waals surface area contributed by atoms with Crippen molar-refractivity contribution in [3.05, 3.63) is 0 Å². The summed E-state index contributed by atoms with van der Waals surface area (Å²) in [5.74, 6) is -3.50. The van der Waals surface area contributed by atoms with Crippen LogP contribution < -0.4 is 5.32 Å². The van der Waals surface area contributed by atoms with E-state index in [0.717, 1.165) is 0 Å². The van der Waals surface area contributed by atoms with Crippen molar-refractivity contribution in [1.29, 1.82) is 0 Å². The molecule has 5 nitrogen and oxygen atoms in total. The predicted octanol–water partition coefficient (Wildman–Crippen LogP) is 0.440. The Balaban J connectivity index is 2.16. The fourth-order valence-corrected chi connectivity index (χ4v) is 2.69. The second-order valence-electron chi connectivity index (χ2n) is 4.75. The number of ether oxygens (including phenoxy) is 1. The molecule has 3 rings (SSSR count). The summed E-state index contributed by atoms with van der Waals surface area (Å²) in [5, 5.41) is 10.6. The Labute approximate surface area is 93.9 Å². The number of rotatable bonds is 2. The lowest BCUT2D eigenvalue weighted by atomic mass is 9.67. The number of nitrogens with one attached hydrogen (secondary N) is 1. The van der Waals surface area contributed by atoms with Crippen LogP contribution in [-0.2, 0) is 14.3 Å². The van der Waals surface area contributed by atoms with Crippen molar-refractivity contribution in [1.82, 2.24) is 5.32 Å². The van der Waals surface area contributed by atoms with Crippen LogP contribution in [0.4, 0.5) is 13.2 Å². The van der Waals surface area contributed by atoms with E-state index in [1.165, 1.54) is 0 Å². The van der Waals surface area contributed by atoms with Crippen molar-refractivity contribution in [2.75, 3.05) is 0 Å². The van der Waals surface area contributed by atoms with E-state index in [0.29, 0.717) is 0 Å². The molecule has 2 N–H and O–H groups in total. The zero-order valence-electron chi connectivity index (χ0n) is 8.80. The van der Waals surface area contributed by atoms with Gasteiger partial charge in [-0.3, -0.25) is 4.79 Å². The highest BCUT2D eigenvalue weighted by Crippen LogP contribution is 2.55. The first-order valence-electron chi connectivity index (χ1n) is 4.88. The Morgan fingerprint density at radius 1 is 1.41 bits per heavy atom. The first-order valence-corrected chi connectivity index (χ1v) is 4.88. The van der Waals surface area contributed by atoms with E-state index < -0.39 is 35.3 Å². The van der Waals surface area contributed by atoms with Crippen molar-refractivity contribution in [2.24, 2.45) is 0 Å². The van der Waals surface area contributed by atoms with Crippen LogP contribution in [0.1, 0.15) is 19.8 Å². The summed E-state index contributed by atoms with van der Waals surface area (Å²) in [5.41, 5.74) is -2.17. The molecule has 0 spiro atoms. The van der Waals surface area contributed by atoms with Crippen LogP contribution >= 0.6 is 0 Å². The van der Waals surface area contributed by atoms with Gasteiger partial charge in [0, 0.05) is 12.8 Å². The Kier molecular flexibility index (Phi) is 2.23. The molecular formula is C9H10F3NO4. The first-order chi connectivity index (χ1) is 7.58. The Morgan fingerprint density at radius 2 is 1.94 bits per heavy atom. The lowest BCUT2D eigenvalue weighted by Crippen LogP contribution is -2.64. The van der Waals surface area contributed by atoms with Crippen LogP contribution in [0.15, 0.2) is 0 Å². The molecular weight excluding hydrogens is 243 g/mol. The molecule has 0 aromatic rings. The molecule has 8 heteroatoms. The molecule has 2 heterocycles. The number of carbonyl (C=O) groups excluding carboxylic acids is 1. The Bertz CT molecular complexity index is 386. The molecule has 3 fully saturated rings. The minimum Gasteiger partial charge on any atom is -0.479 e. The van der Waals surface area contributed by atoms with E-state index in [1.807, 2.05) is 0 Å². The van der Waals surface area contributed by atoms with E-state index in [4.69, 9.17) is 9.84 Å². The third kappa shape index (κ3) is 1.76. The average molecular weight is 253 g/mol. The maximum atomic E-state index is 12.1. The molecule has 2 aliphatic heterocycles. The molecule has 3 aliphatic rings. The zero-order valence-corrected chi connectivity index (χ0v) is 8.80. The van der Waals surface area contributed by atoms with Gasteiger partial charge in [-0.1, -0.05) is 0 Å². The van der Waals surface area contributed by atoms with Crippen LogP contribution in [0.25, 0.3) is 0 Å². The lowest BCUT2D eigenvalue weighted by Gasteiger charge is -2.43. The summed E-state index contributed by atoms with van der Waals surface area (Å²) in [6.07, 6.45) is -6.27. The molecule has 1 atom stereocenters. The van der Waals surface area contributed by atoms with Gasteiger partial charge in [-0.2, -0.15) is 13.2 Å². The van der Waals surface area contributed by atoms with Gasteiger partial charge in [0.1, 0.15) is 0 Å². The van der Waals surface area contributed by atoms with E-state index >= 15 is 0 Å². The summed E-state index contributed by atoms with van der Waals surface area (Å²) in [6.45, 7) is 1.61. The molecule has 96 valence electrons. The van der Waals surface area contributed by atoms with Crippen LogP contribution in [0.3, 0.4) is 0 Å². The molecule has 1 unspecified atom stereocenters. The number of carbonyl (C=O) groups is 2. The van der Waals surface area contributed by atoms with Gasteiger partial charge in [-0.25, -0.2) is 4.79 Å². The van der Waals surface area contributed by atoms with Crippen molar-refractivity contribution in [2.45, 2.75) is 43.2 Å². The molecule has 0 aromatic heterocycles. The maximum Gasteiger partial charge on any atom is 0.471 e. The maximum absolute atomic E-state index is 12.1. The minimum atomic E-state index is -5.02. The summed E-state index contributed by atoms with van der Waals surface area (Å²) < 4.78 is 41.5. The highest BCUT2D eigenvalue weighted by molar-refractivity contribution is 5.85. The highest BCUT2D eigenvalue weighted by Gasteiger charge is 2.69. The Hall–Kier alpha value is -1.31. The molecule has 1 aliphatic carbocycles. The highest BCUT2D eigenvalue weighted by atomic mass is 19.4. The van der Waals surface area contributed by atoms with Crippen LogP contribution in [0.5, 0.6) is 0 Å². The van der Waals surface area contributed by atoms with Gasteiger partial charge in [-0.05, 0) is 6.92 Å². The van der Waals surface area contributed by atoms with Crippen molar-refractivity contribution in [3.8, 4) is 0 Å². The number of amides is 1. The normalized spacial score (nSPS) is 39.6. The minimum absolute atomic E-state index is 0.0821. The lowest BCUT2D eigenvalue weighted by molar-refractivity contribution is -0.177. The molecule has 2 saturated heterocycles. The topological polar surface area (TPSA) is 75.6 Å². The second-order valence-corrected chi connectivity index (χ2v) is 4.75. The second kappa shape index (κ2) is 3.12. The van der Waals surface area contributed by atoms with Gasteiger partial charge < -0.3 is 15.2 Å². The number of alkyl halides is 3. The van der Waals surface area contributed by atoms with E-state index in [-0.39, 0.29) is 12.8 Å². The number of carboxylic acids is 1. The third-order valence-electron chi connectivity index (χ3n) is 3.13.